The van der Waals surface area contributed by atoms with E-state index >= 15 is 0 Å². The highest BCUT2D eigenvalue weighted by Crippen LogP contribution is 2.26. The molecule has 2 unspecified atom stereocenters. The third kappa shape index (κ3) is 4.04. The van der Waals surface area contributed by atoms with Crippen LogP contribution in [0.2, 0.25) is 0 Å². The van der Waals surface area contributed by atoms with E-state index in [1.165, 1.54) is 4.88 Å². The summed E-state index contributed by atoms with van der Waals surface area (Å²) < 4.78 is 0. The number of rotatable bonds is 6. The number of ketones is 1. The van der Waals surface area contributed by atoms with Crippen LogP contribution in [0.5, 0.6) is 0 Å². The number of carbonyl (C=O) groups excluding carboxylic acids is 3. The van der Waals surface area contributed by atoms with Gasteiger partial charge in [0.2, 0.25) is 11.8 Å². The van der Waals surface area contributed by atoms with E-state index in [9.17, 15) is 14.4 Å². The maximum absolute atomic E-state index is 12.9. The van der Waals surface area contributed by atoms with Crippen molar-refractivity contribution >= 4 is 28.9 Å². The molecule has 152 valence electrons. The summed E-state index contributed by atoms with van der Waals surface area (Å²) in [4.78, 5) is 39.2. The zero-order valence-corrected chi connectivity index (χ0v) is 17.4. The molecule has 1 saturated heterocycles. The topological polar surface area (TPSA) is 75.3 Å². The van der Waals surface area contributed by atoms with Crippen LogP contribution in [-0.4, -0.2) is 23.1 Å². The fraction of sp³-hybridized carbons (Fsp3) is 0.208. The quantitative estimate of drug-likeness (QED) is 0.603. The monoisotopic (exact) mass is 418 g/mol. The van der Waals surface area contributed by atoms with Crippen LogP contribution in [-0.2, 0) is 27.3 Å². The van der Waals surface area contributed by atoms with Crippen molar-refractivity contribution < 1.29 is 14.4 Å². The molecule has 1 fully saturated rings. The lowest BCUT2D eigenvalue weighted by atomic mass is 9.86. The second-order valence-electron chi connectivity index (χ2n) is 7.67. The standard InChI is InChI=1S/C24H22N2O3S/c1-24(14-16-6-3-2-4-7-16)21(27)20(23(29)26-24)22(28)25-15-17-9-11-18(12-10-17)19-8-5-13-30-19/h2-13,20H,14-15H2,1H3,(H,25,28)(H,26,29). The van der Waals surface area contributed by atoms with Crippen LogP contribution in [0.1, 0.15) is 18.1 Å². The second kappa shape index (κ2) is 8.24. The molecule has 2 aromatic carbocycles. The molecule has 4 rings (SSSR count). The Morgan fingerprint density at radius 2 is 1.73 bits per heavy atom. The first-order valence-electron chi connectivity index (χ1n) is 9.77. The lowest BCUT2D eigenvalue weighted by molar-refractivity contribution is -0.138. The second-order valence-corrected chi connectivity index (χ2v) is 8.62. The Balaban J connectivity index is 1.39. The number of thiophene rings is 1. The van der Waals surface area contributed by atoms with Crippen molar-refractivity contribution in [3.8, 4) is 10.4 Å². The molecular formula is C24H22N2O3S. The Morgan fingerprint density at radius 1 is 1.00 bits per heavy atom. The van der Waals surface area contributed by atoms with E-state index in [1.807, 2.05) is 66.0 Å². The molecule has 1 aromatic heterocycles. The minimum Gasteiger partial charge on any atom is -0.351 e. The molecule has 1 aliphatic rings. The largest absolute Gasteiger partial charge is 0.351 e. The fourth-order valence-electron chi connectivity index (χ4n) is 3.74. The highest BCUT2D eigenvalue weighted by atomic mass is 32.1. The van der Waals surface area contributed by atoms with Gasteiger partial charge in [0.1, 0.15) is 5.54 Å². The summed E-state index contributed by atoms with van der Waals surface area (Å²) in [7, 11) is 0. The van der Waals surface area contributed by atoms with E-state index in [1.54, 1.807) is 18.3 Å². The van der Waals surface area contributed by atoms with E-state index in [2.05, 4.69) is 16.7 Å². The fourth-order valence-corrected chi connectivity index (χ4v) is 4.47. The van der Waals surface area contributed by atoms with Crippen LogP contribution >= 0.6 is 11.3 Å². The molecular weight excluding hydrogens is 396 g/mol. The van der Waals surface area contributed by atoms with Crippen molar-refractivity contribution in [3.05, 3.63) is 83.2 Å². The number of nitrogens with one attached hydrogen (secondary N) is 2. The van der Waals surface area contributed by atoms with Gasteiger partial charge in [-0.3, -0.25) is 14.4 Å². The number of carbonyl (C=O) groups is 3. The van der Waals surface area contributed by atoms with Gasteiger partial charge in [0, 0.05) is 17.8 Å². The molecule has 2 amide bonds. The highest BCUT2D eigenvalue weighted by molar-refractivity contribution is 7.13. The Kier molecular flexibility index (Phi) is 5.50. The first-order chi connectivity index (χ1) is 14.5. The van der Waals surface area contributed by atoms with Crippen molar-refractivity contribution in [2.75, 3.05) is 0 Å². The van der Waals surface area contributed by atoms with Crippen molar-refractivity contribution in [2.24, 2.45) is 5.92 Å². The van der Waals surface area contributed by atoms with Gasteiger partial charge < -0.3 is 10.6 Å². The Bertz CT molecular complexity index is 1060. The average Bonchev–Trinajstić information content (AvgIpc) is 3.35. The molecule has 5 nitrogen and oxygen atoms in total. The predicted molar refractivity (Wildman–Crippen MR) is 117 cm³/mol. The third-order valence-electron chi connectivity index (χ3n) is 5.36. The number of benzene rings is 2. The summed E-state index contributed by atoms with van der Waals surface area (Å²) in [6, 6.07) is 21.4. The van der Waals surface area contributed by atoms with Gasteiger partial charge in [0.25, 0.3) is 0 Å². The lowest BCUT2D eigenvalue weighted by Crippen LogP contribution is -2.46. The van der Waals surface area contributed by atoms with Crippen LogP contribution in [0, 0.1) is 5.92 Å². The van der Waals surface area contributed by atoms with Gasteiger partial charge in [-0.1, -0.05) is 60.7 Å². The summed E-state index contributed by atoms with van der Waals surface area (Å²) in [5.41, 5.74) is 1.87. The number of hydrogen-bond acceptors (Lipinski definition) is 4. The number of Topliss-reactive ketones (excluding diaryl/α,β-unsaturated/α-hetero) is 1. The van der Waals surface area contributed by atoms with Crippen LogP contribution in [0.25, 0.3) is 10.4 Å². The molecule has 2 heterocycles. The van der Waals surface area contributed by atoms with Gasteiger partial charge in [-0.2, -0.15) is 0 Å². The molecule has 30 heavy (non-hydrogen) atoms. The normalized spacial score (nSPS) is 20.8. The molecule has 0 aliphatic carbocycles. The molecule has 0 spiro atoms. The minimum absolute atomic E-state index is 0.260. The van der Waals surface area contributed by atoms with Crippen LogP contribution in [0.15, 0.2) is 72.1 Å². The van der Waals surface area contributed by atoms with Crippen LogP contribution < -0.4 is 10.6 Å². The molecule has 1 aliphatic heterocycles. The molecule has 2 atom stereocenters. The SMILES string of the molecule is CC1(Cc2ccccc2)NC(=O)C(C(=O)NCc2ccc(-c3cccs3)cc2)C1=O. The summed E-state index contributed by atoms with van der Waals surface area (Å²) in [5.74, 6) is -2.80. The molecule has 0 radical (unpaired) electrons. The van der Waals surface area contributed by atoms with E-state index in [0.29, 0.717) is 6.42 Å². The van der Waals surface area contributed by atoms with Crippen molar-refractivity contribution in [2.45, 2.75) is 25.4 Å². The Morgan fingerprint density at radius 3 is 2.40 bits per heavy atom. The average molecular weight is 419 g/mol. The summed E-state index contributed by atoms with van der Waals surface area (Å²) in [5, 5.41) is 7.50. The predicted octanol–water partition coefficient (Wildman–Crippen LogP) is 3.35. The van der Waals surface area contributed by atoms with E-state index in [0.717, 1.165) is 16.7 Å². The maximum Gasteiger partial charge on any atom is 0.241 e. The van der Waals surface area contributed by atoms with E-state index in [-0.39, 0.29) is 12.3 Å². The summed E-state index contributed by atoms with van der Waals surface area (Å²) in [6.07, 6.45) is 0.354. The van der Waals surface area contributed by atoms with Gasteiger partial charge in [-0.25, -0.2) is 0 Å². The molecule has 0 saturated carbocycles. The number of hydrogen-bond donors (Lipinski definition) is 2. The highest BCUT2D eigenvalue weighted by Gasteiger charge is 2.52. The smallest absolute Gasteiger partial charge is 0.241 e. The first kappa shape index (κ1) is 20.0. The number of amides is 2. The maximum atomic E-state index is 12.9. The van der Waals surface area contributed by atoms with Crippen molar-refractivity contribution in [1.82, 2.24) is 10.6 Å². The van der Waals surface area contributed by atoms with Crippen molar-refractivity contribution in [3.63, 3.8) is 0 Å². The van der Waals surface area contributed by atoms with Gasteiger partial charge in [0.15, 0.2) is 11.7 Å². The minimum atomic E-state index is -1.32. The van der Waals surface area contributed by atoms with Crippen LogP contribution in [0.3, 0.4) is 0 Å². The van der Waals surface area contributed by atoms with E-state index in [4.69, 9.17) is 0 Å². The molecule has 0 bridgehead atoms. The van der Waals surface area contributed by atoms with Gasteiger partial charge in [-0.05, 0) is 35.1 Å². The van der Waals surface area contributed by atoms with Crippen LogP contribution in [0.4, 0.5) is 0 Å². The van der Waals surface area contributed by atoms with Gasteiger partial charge in [0.05, 0.1) is 0 Å². The summed E-state index contributed by atoms with van der Waals surface area (Å²) in [6.45, 7) is 1.94. The molecule has 2 N–H and O–H groups in total. The molecule has 6 heteroatoms. The van der Waals surface area contributed by atoms with E-state index < -0.39 is 23.3 Å². The Hall–Kier alpha value is -3.25. The Labute approximate surface area is 179 Å². The first-order valence-corrected chi connectivity index (χ1v) is 10.6. The van der Waals surface area contributed by atoms with Gasteiger partial charge >= 0.3 is 0 Å². The third-order valence-corrected chi connectivity index (χ3v) is 6.28. The van der Waals surface area contributed by atoms with Gasteiger partial charge in [-0.15, -0.1) is 11.3 Å². The van der Waals surface area contributed by atoms with Crippen molar-refractivity contribution in [1.29, 1.82) is 0 Å². The molecule has 3 aromatic rings. The zero-order chi connectivity index (χ0) is 21.1. The zero-order valence-electron chi connectivity index (χ0n) is 16.6. The lowest BCUT2D eigenvalue weighted by Gasteiger charge is -2.22. The summed E-state index contributed by atoms with van der Waals surface area (Å²) >= 11 is 1.67.